The normalized spacial score (nSPS) is 12.2. The SMILES string of the molecule is CSCCc1nc([C@@H](NC(C)=O)C(C)C)n(-c2ccccc2C(=O)O)n1. The van der Waals surface area contributed by atoms with Crippen LogP contribution in [0.4, 0.5) is 0 Å². The van der Waals surface area contributed by atoms with E-state index in [1.54, 1.807) is 34.6 Å². The standard InChI is InChI=1S/C18H24N4O3S/c1-11(2)16(19-12(3)23)17-20-15(9-10-26-4)21-22(17)14-8-6-5-7-13(14)18(24)25/h5-8,11,16H,9-10H2,1-4H3,(H,19,23)(H,24,25)/t16-/m0/s1. The number of nitrogens with zero attached hydrogens (tertiary/aromatic N) is 3. The van der Waals surface area contributed by atoms with Gasteiger partial charge >= 0.3 is 5.97 Å². The summed E-state index contributed by atoms with van der Waals surface area (Å²) in [6.07, 6.45) is 2.67. The summed E-state index contributed by atoms with van der Waals surface area (Å²) in [6.45, 7) is 5.41. The number of nitrogens with one attached hydrogen (secondary N) is 1. The zero-order valence-electron chi connectivity index (χ0n) is 15.4. The van der Waals surface area contributed by atoms with Crippen LogP contribution in [0.5, 0.6) is 0 Å². The fourth-order valence-electron chi connectivity index (χ4n) is 2.63. The molecule has 1 heterocycles. The summed E-state index contributed by atoms with van der Waals surface area (Å²) in [4.78, 5) is 27.9. The summed E-state index contributed by atoms with van der Waals surface area (Å²) in [5.41, 5.74) is 0.578. The van der Waals surface area contributed by atoms with Crippen molar-refractivity contribution in [1.82, 2.24) is 20.1 Å². The molecule has 0 aliphatic carbocycles. The topological polar surface area (TPSA) is 97.1 Å². The summed E-state index contributed by atoms with van der Waals surface area (Å²) in [5, 5.41) is 17.0. The molecule has 0 fully saturated rings. The predicted molar refractivity (Wildman–Crippen MR) is 102 cm³/mol. The van der Waals surface area contributed by atoms with Gasteiger partial charge < -0.3 is 10.4 Å². The van der Waals surface area contributed by atoms with Gasteiger partial charge in [0.05, 0.1) is 17.3 Å². The third-order valence-electron chi connectivity index (χ3n) is 3.87. The number of benzene rings is 1. The largest absolute Gasteiger partial charge is 0.478 e. The highest BCUT2D eigenvalue weighted by molar-refractivity contribution is 7.98. The fraction of sp³-hybridized carbons (Fsp3) is 0.444. The molecular formula is C18H24N4O3S. The first kappa shape index (κ1) is 20.0. The lowest BCUT2D eigenvalue weighted by Crippen LogP contribution is -2.32. The minimum atomic E-state index is -1.03. The highest BCUT2D eigenvalue weighted by Crippen LogP contribution is 2.25. The number of thioether (sulfide) groups is 1. The fourth-order valence-corrected chi connectivity index (χ4v) is 3.02. The highest BCUT2D eigenvalue weighted by atomic mass is 32.2. The van der Waals surface area contributed by atoms with E-state index >= 15 is 0 Å². The Balaban J connectivity index is 2.61. The number of carboxylic acid groups (broad SMARTS) is 1. The Labute approximate surface area is 157 Å². The van der Waals surface area contributed by atoms with Gasteiger partial charge in [0.1, 0.15) is 0 Å². The summed E-state index contributed by atoms with van der Waals surface area (Å²) >= 11 is 1.69. The molecule has 2 aromatic rings. The summed E-state index contributed by atoms with van der Waals surface area (Å²) in [5.74, 6) is 0.887. The van der Waals surface area contributed by atoms with Crippen molar-refractivity contribution in [3.63, 3.8) is 0 Å². The van der Waals surface area contributed by atoms with Crippen LogP contribution in [0, 0.1) is 5.92 Å². The minimum Gasteiger partial charge on any atom is -0.478 e. The van der Waals surface area contributed by atoms with E-state index < -0.39 is 5.97 Å². The lowest BCUT2D eigenvalue weighted by atomic mass is 10.0. The number of hydrogen-bond donors (Lipinski definition) is 2. The van der Waals surface area contributed by atoms with Crippen LogP contribution in [-0.4, -0.2) is 43.8 Å². The van der Waals surface area contributed by atoms with E-state index in [9.17, 15) is 14.7 Å². The summed E-state index contributed by atoms with van der Waals surface area (Å²) in [7, 11) is 0. The Morgan fingerprint density at radius 2 is 2.00 bits per heavy atom. The van der Waals surface area contributed by atoms with Gasteiger partial charge in [-0.3, -0.25) is 4.79 Å². The second-order valence-electron chi connectivity index (χ2n) is 6.29. The molecule has 2 rings (SSSR count). The first-order valence-electron chi connectivity index (χ1n) is 8.39. The molecule has 7 nitrogen and oxygen atoms in total. The van der Waals surface area contributed by atoms with Crippen LogP contribution in [0.1, 0.15) is 48.8 Å². The van der Waals surface area contributed by atoms with E-state index in [0.717, 1.165) is 5.75 Å². The van der Waals surface area contributed by atoms with E-state index in [0.29, 0.717) is 23.8 Å². The third-order valence-corrected chi connectivity index (χ3v) is 4.48. The Morgan fingerprint density at radius 1 is 1.31 bits per heavy atom. The molecule has 0 unspecified atom stereocenters. The number of carboxylic acids is 1. The molecule has 1 amide bonds. The molecular weight excluding hydrogens is 352 g/mol. The second-order valence-corrected chi connectivity index (χ2v) is 7.27. The van der Waals surface area contributed by atoms with Crippen LogP contribution in [0.2, 0.25) is 0 Å². The van der Waals surface area contributed by atoms with Gasteiger partial charge in [0.2, 0.25) is 5.91 Å². The van der Waals surface area contributed by atoms with Crippen LogP contribution >= 0.6 is 11.8 Å². The van der Waals surface area contributed by atoms with Crippen molar-refractivity contribution in [2.24, 2.45) is 5.92 Å². The van der Waals surface area contributed by atoms with E-state index in [4.69, 9.17) is 0 Å². The van der Waals surface area contributed by atoms with E-state index in [2.05, 4.69) is 15.4 Å². The van der Waals surface area contributed by atoms with Gasteiger partial charge in [0, 0.05) is 19.1 Å². The molecule has 1 aromatic heterocycles. The van der Waals surface area contributed by atoms with E-state index in [1.807, 2.05) is 20.1 Å². The number of aromatic nitrogens is 3. The number of para-hydroxylation sites is 1. The number of carbonyl (C=O) groups is 2. The van der Waals surface area contributed by atoms with Crippen molar-refractivity contribution < 1.29 is 14.7 Å². The van der Waals surface area contributed by atoms with Gasteiger partial charge in [-0.25, -0.2) is 14.5 Å². The molecule has 0 aliphatic heterocycles. The molecule has 140 valence electrons. The average molecular weight is 376 g/mol. The predicted octanol–water partition coefficient (Wildman–Crippen LogP) is 2.70. The third kappa shape index (κ3) is 4.63. The smallest absolute Gasteiger partial charge is 0.337 e. The Bertz CT molecular complexity index is 788. The molecule has 2 N–H and O–H groups in total. The zero-order valence-corrected chi connectivity index (χ0v) is 16.2. The summed E-state index contributed by atoms with van der Waals surface area (Å²) in [6, 6.07) is 6.30. The van der Waals surface area contributed by atoms with Gasteiger partial charge in [-0.15, -0.1) is 0 Å². The monoisotopic (exact) mass is 376 g/mol. The summed E-state index contributed by atoms with van der Waals surface area (Å²) < 4.78 is 1.56. The average Bonchev–Trinajstić information content (AvgIpc) is 3.01. The van der Waals surface area contributed by atoms with E-state index in [1.165, 1.54) is 13.0 Å². The second kappa shape index (κ2) is 8.84. The quantitative estimate of drug-likeness (QED) is 0.735. The molecule has 0 spiro atoms. The maximum absolute atomic E-state index is 11.7. The number of hydrogen-bond acceptors (Lipinski definition) is 5. The van der Waals surface area contributed by atoms with Crippen molar-refractivity contribution in [2.45, 2.75) is 33.2 Å². The maximum Gasteiger partial charge on any atom is 0.337 e. The van der Waals surface area contributed by atoms with Gasteiger partial charge in [-0.2, -0.15) is 16.9 Å². The Kier molecular flexibility index (Phi) is 6.79. The van der Waals surface area contributed by atoms with Gasteiger partial charge in [0.15, 0.2) is 11.6 Å². The van der Waals surface area contributed by atoms with Crippen LogP contribution in [0.15, 0.2) is 24.3 Å². The van der Waals surface area contributed by atoms with Crippen molar-refractivity contribution in [3.8, 4) is 5.69 Å². The van der Waals surface area contributed by atoms with Crippen LogP contribution < -0.4 is 5.32 Å². The maximum atomic E-state index is 11.7. The van der Waals surface area contributed by atoms with Crippen molar-refractivity contribution in [1.29, 1.82) is 0 Å². The zero-order chi connectivity index (χ0) is 19.3. The van der Waals surface area contributed by atoms with Gasteiger partial charge in [-0.1, -0.05) is 26.0 Å². The molecule has 8 heteroatoms. The number of carbonyl (C=O) groups excluding carboxylic acids is 1. The van der Waals surface area contributed by atoms with Crippen molar-refractivity contribution in [2.75, 3.05) is 12.0 Å². The molecule has 0 saturated carbocycles. The Hall–Kier alpha value is -2.35. The lowest BCUT2D eigenvalue weighted by Gasteiger charge is -2.21. The molecule has 0 aliphatic rings. The minimum absolute atomic E-state index is 0.0623. The highest BCUT2D eigenvalue weighted by Gasteiger charge is 2.26. The molecule has 0 bridgehead atoms. The number of aromatic carboxylic acids is 1. The van der Waals surface area contributed by atoms with Crippen molar-refractivity contribution in [3.05, 3.63) is 41.5 Å². The molecule has 1 aromatic carbocycles. The molecule has 26 heavy (non-hydrogen) atoms. The van der Waals surface area contributed by atoms with Gasteiger partial charge in [-0.05, 0) is 24.3 Å². The number of aryl methyl sites for hydroxylation is 1. The van der Waals surface area contributed by atoms with Gasteiger partial charge in [0.25, 0.3) is 0 Å². The van der Waals surface area contributed by atoms with Crippen LogP contribution in [0.3, 0.4) is 0 Å². The first-order chi connectivity index (χ1) is 12.3. The molecule has 0 saturated heterocycles. The number of rotatable bonds is 8. The molecule has 0 radical (unpaired) electrons. The van der Waals surface area contributed by atoms with Crippen LogP contribution in [0.25, 0.3) is 5.69 Å². The lowest BCUT2D eigenvalue weighted by molar-refractivity contribution is -0.120. The Morgan fingerprint density at radius 3 is 2.58 bits per heavy atom. The van der Waals surface area contributed by atoms with Crippen molar-refractivity contribution >= 4 is 23.6 Å². The number of amides is 1. The van der Waals surface area contributed by atoms with Crippen LogP contribution in [-0.2, 0) is 11.2 Å². The first-order valence-corrected chi connectivity index (χ1v) is 9.79. The molecule has 1 atom stereocenters. The van der Waals surface area contributed by atoms with E-state index in [-0.39, 0.29) is 23.4 Å².